The highest BCUT2D eigenvalue weighted by Crippen LogP contribution is 2.36. The van der Waals surface area contributed by atoms with Crippen LogP contribution >= 0.6 is 11.3 Å². The van der Waals surface area contributed by atoms with Gasteiger partial charge in [0.15, 0.2) is 0 Å². The van der Waals surface area contributed by atoms with E-state index in [9.17, 15) is 9.59 Å². The Hall–Kier alpha value is -3.61. The van der Waals surface area contributed by atoms with Crippen molar-refractivity contribution >= 4 is 39.4 Å². The minimum Gasteiger partial charge on any atom is -0.375 e. The fraction of sp³-hybridized carbons (Fsp3) is 0.400. The molecular formula is C25H28N8O3S. The molecule has 2 N–H and O–H groups in total. The lowest BCUT2D eigenvalue weighted by Gasteiger charge is -2.47. The van der Waals surface area contributed by atoms with Crippen molar-refractivity contribution in [3.63, 3.8) is 0 Å². The maximum Gasteiger partial charge on any atom is 0.260 e. The van der Waals surface area contributed by atoms with Gasteiger partial charge in [-0.2, -0.15) is 10.2 Å². The maximum atomic E-state index is 13.2. The van der Waals surface area contributed by atoms with Crippen LogP contribution in [0.15, 0.2) is 37.1 Å². The average molecular weight is 521 g/mol. The highest BCUT2D eigenvalue weighted by Gasteiger charge is 2.41. The molecule has 6 rings (SSSR count). The van der Waals surface area contributed by atoms with Crippen molar-refractivity contribution in [1.82, 2.24) is 29.3 Å². The summed E-state index contributed by atoms with van der Waals surface area (Å²) < 4.78 is 9.19. The first-order valence-electron chi connectivity index (χ1n) is 12.3. The fourth-order valence-electron chi connectivity index (χ4n) is 4.85. The lowest BCUT2D eigenvalue weighted by atomic mass is 9.84. The number of aromatic nitrogens is 5. The lowest BCUT2D eigenvalue weighted by Crippen LogP contribution is -2.53. The number of pyridine rings is 1. The predicted molar refractivity (Wildman–Crippen MR) is 140 cm³/mol. The summed E-state index contributed by atoms with van der Waals surface area (Å²) in [6, 6.07) is 1.74. The number of amides is 2. The Morgan fingerprint density at radius 2 is 1.92 bits per heavy atom. The molecule has 12 heteroatoms. The molecule has 4 aromatic rings. The van der Waals surface area contributed by atoms with E-state index >= 15 is 0 Å². The molecule has 2 aliphatic rings. The van der Waals surface area contributed by atoms with E-state index in [1.165, 1.54) is 11.3 Å². The van der Waals surface area contributed by atoms with E-state index in [2.05, 4.69) is 30.7 Å². The summed E-state index contributed by atoms with van der Waals surface area (Å²) in [5, 5.41) is 14.4. The number of nitrogens with one attached hydrogen (secondary N) is 2. The van der Waals surface area contributed by atoms with Crippen LogP contribution in [0.3, 0.4) is 0 Å². The van der Waals surface area contributed by atoms with E-state index in [0.29, 0.717) is 29.2 Å². The molecule has 192 valence electrons. The van der Waals surface area contributed by atoms with Gasteiger partial charge in [0.2, 0.25) is 5.91 Å². The van der Waals surface area contributed by atoms with Gasteiger partial charge in [-0.05, 0) is 32.3 Å². The number of rotatable bonds is 6. The van der Waals surface area contributed by atoms with E-state index < -0.39 is 0 Å². The first-order valence-corrected chi connectivity index (χ1v) is 13.1. The van der Waals surface area contributed by atoms with Gasteiger partial charge >= 0.3 is 0 Å². The highest BCUT2D eigenvalue weighted by molar-refractivity contribution is 7.21. The van der Waals surface area contributed by atoms with Gasteiger partial charge in [0, 0.05) is 38.1 Å². The van der Waals surface area contributed by atoms with Crippen LogP contribution in [0, 0.1) is 6.92 Å². The Morgan fingerprint density at radius 1 is 1.11 bits per heavy atom. The normalized spacial score (nSPS) is 17.1. The van der Waals surface area contributed by atoms with Gasteiger partial charge in [-0.1, -0.05) is 0 Å². The second kappa shape index (κ2) is 9.36. The number of piperidine rings is 1. The minimum atomic E-state index is -0.288. The third-order valence-electron chi connectivity index (χ3n) is 7.15. The molecule has 2 fully saturated rings. The van der Waals surface area contributed by atoms with Crippen LogP contribution in [-0.2, 0) is 16.6 Å². The Bertz CT molecular complexity index is 1470. The largest absolute Gasteiger partial charge is 0.375 e. The van der Waals surface area contributed by atoms with E-state index in [1.54, 1.807) is 33.9 Å². The van der Waals surface area contributed by atoms with Gasteiger partial charge < -0.3 is 15.4 Å². The third kappa shape index (κ3) is 4.75. The van der Waals surface area contributed by atoms with Crippen LogP contribution in [0.4, 0.5) is 11.4 Å². The summed E-state index contributed by atoms with van der Waals surface area (Å²) in [5.74, 6) is -0.392. The van der Waals surface area contributed by atoms with Gasteiger partial charge in [-0.3, -0.25) is 24.2 Å². The molecule has 0 bridgehead atoms. The zero-order chi connectivity index (χ0) is 25.6. The first kappa shape index (κ1) is 23.8. The topological polar surface area (TPSA) is 119 Å². The van der Waals surface area contributed by atoms with Crippen LogP contribution in [0.25, 0.3) is 15.3 Å². The molecular weight excluding hydrogens is 492 g/mol. The van der Waals surface area contributed by atoms with Gasteiger partial charge in [-0.15, -0.1) is 11.3 Å². The number of ether oxygens (including phenoxy) is 1. The molecule has 0 unspecified atom stereocenters. The fourth-order valence-corrected chi connectivity index (χ4v) is 5.88. The second-order valence-corrected chi connectivity index (χ2v) is 10.8. The van der Waals surface area contributed by atoms with Crippen molar-refractivity contribution < 1.29 is 14.3 Å². The summed E-state index contributed by atoms with van der Waals surface area (Å²) in [6.45, 7) is 4.69. The van der Waals surface area contributed by atoms with Crippen LogP contribution < -0.4 is 10.6 Å². The number of carbonyl (C=O) groups excluding carboxylic acids is 2. The molecule has 1 spiro atoms. The van der Waals surface area contributed by atoms with Gasteiger partial charge in [0.05, 0.1) is 64.9 Å². The summed E-state index contributed by atoms with van der Waals surface area (Å²) in [5.41, 5.74) is 3.22. The van der Waals surface area contributed by atoms with Gasteiger partial charge in [0.25, 0.3) is 5.91 Å². The zero-order valence-corrected chi connectivity index (χ0v) is 21.5. The molecule has 0 aliphatic carbocycles. The zero-order valence-electron chi connectivity index (χ0n) is 20.7. The molecule has 0 radical (unpaired) electrons. The van der Waals surface area contributed by atoms with Crippen molar-refractivity contribution in [3.8, 4) is 10.4 Å². The number of likely N-dealkylation sites (tertiary alicyclic amines) is 1. The van der Waals surface area contributed by atoms with E-state index in [1.807, 2.05) is 26.4 Å². The number of fused-ring (bicyclic) bond motifs is 1. The number of carbonyl (C=O) groups is 2. The van der Waals surface area contributed by atoms with Crippen molar-refractivity contribution in [2.75, 3.05) is 36.9 Å². The van der Waals surface area contributed by atoms with E-state index in [4.69, 9.17) is 4.74 Å². The molecule has 4 aromatic heterocycles. The molecule has 0 saturated carbocycles. The molecule has 11 nitrogen and oxygen atoms in total. The highest BCUT2D eigenvalue weighted by atomic mass is 32.1. The minimum absolute atomic E-state index is 0.0612. The standard InChI is InChI=1S/C25H28N8O3S/c1-16-20(9-18(11-26-16)29-22(34)15-32-6-3-25(4-7-32)5-8-36-25)30-23(35)19-12-28-33-14-21(37-24(19)33)17-10-27-31(2)13-17/h9-14H,3-8,15H2,1-2H3,(H,29,34)(H,30,35). The molecule has 2 aliphatic heterocycles. The summed E-state index contributed by atoms with van der Waals surface area (Å²) >= 11 is 1.47. The van der Waals surface area contributed by atoms with Gasteiger partial charge in [0.1, 0.15) is 4.83 Å². The first-order chi connectivity index (χ1) is 17.9. The summed E-state index contributed by atoms with van der Waals surface area (Å²) in [7, 11) is 1.86. The number of hydrogen-bond acceptors (Lipinski definition) is 8. The summed E-state index contributed by atoms with van der Waals surface area (Å²) in [4.78, 5) is 34.1. The number of anilines is 2. The number of aryl methyl sites for hydroxylation is 2. The molecule has 37 heavy (non-hydrogen) atoms. The average Bonchev–Trinajstić information content (AvgIpc) is 3.56. The van der Waals surface area contributed by atoms with E-state index in [0.717, 1.165) is 54.2 Å². The molecule has 6 heterocycles. The van der Waals surface area contributed by atoms with Crippen molar-refractivity contribution in [2.24, 2.45) is 7.05 Å². The Kier molecular flexibility index (Phi) is 6.01. The van der Waals surface area contributed by atoms with Crippen molar-refractivity contribution in [3.05, 3.63) is 48.3 Å². The quantitative estimate of drug-likeness (QED) is 0.401. The second-order valence-electron chi connectivity index (χ2n) is 9.72. The number of nitrogens with zero attached hydrogens (tertiary/aromatic N) is 6. The monoisotopic (exact) mass is 520 g/mol. The van der Waals surface area contributed by atoms with Crippen molar-refractivity contribution in [2.45, 2.75) is 31.8 Å². The summed E-state index contributed by atoms with van der Waals surface area (Å²) in [6.07, 6.45) is 11.8. The molecule has 2 amide bonds. The van der Waals surface area contributed by atoms with Crippen LogP contribution in [-0.4, -0.2) is 72.9 Å². The predicted octanol–water partition coefficient (Wildman–Crippen LogP) is 2.95. The third-order valence-corrected chi connectivity index (χ3v) is 8.31. The number of hydrogen-bond donors (Lipinski definition) is 2. The SMILES string of the molecule is Cc1ncc(NC(=O)CN2CCC3(CCO3)CC2)cc1NC(=O)c1cnn2cc(-c3cnn(C)c3)sc12. The van der Waals surface area contributed by atoms with Crippen molar-refractivity contribution in [1.29, 1.82) is 0 Å². The molecule has 0 atom stereocenters. The smallest absolute Gasteiger partial charge is 0.260 e. The number of thiazole rings is 1. The van der Waals surface area contributed by atoms with Crippen LogP contribution in [0.5, 0.6) is 0 Å². The Labute approximate surface area is 217 Å². The molecule has 2 saturated heterocycles. The maximum absolute atomic E-state index is 13.2. The van der Waals surface area contributed by atoms with Crippen LogP contribution in [0.1, 0.15) is 35.3 Å². The Balaban J connectivity index is 1.11. The lowest BCUT2D eigenvalue weighted by molar-refractivity contribution is -0.173. The van der Waals surface area contributed by atoms with Gasteiger partial charge in [-0.25, -0.2) is 4.52 Å². The van der Waals surface area contributed by atoms with Crippen LogP contribution in [0.2, 0.25) is 0 Å². The Morgan fingerprint density at radius 3 is 2.62 bits per heavy atom. The molecule has 0 aromatic carbocycles. The van der Waals surface area contributed by atoms with E-state index in [-0.39, 0.29) is 17.4 Å².